The van der Waals surface area contributed by atoms with Crippen LogP contribution in [-0.2, 0) is 19.6 Å². The first-order valence-electron chi connectivity index (χ1n) is 8.85. The summed E-state index contributed by atoms with van der Waals surface area (Å²) in [6.07, 6.45) is 1.35. The number of carbonyl (C=O) groups excluding carboxylic acids is 2. The molecule has 26 heavy (non-hydrogen) atoms. The lowest BCUT2D eigenvalue weighted by molar-refractivity contribution is -0.126. The maximum atomic E-state index is 12.9. The lowest BCUT2D eigenvalue weighted by Crippen LogP contribution is -2.45. The fraction of sp³-hybridized carbons (Fsp3) is 0.556. The number of piperidine rings is 1. The fourth-order valence-electron chi connectivity index (χ4n) is 2.89. The quantitative estimate of drug-likeness (QED) is 0.786. The number of hydrogen-bond acceptors (Lipinski definition) is 4. The van der Waals surface area contributed by atoms with Crippen LogP contribution < -0.4 is 10.6 Å². The highest BCUT2D eigenvalue weighted by atomic mass is 32.2. The second-order valence-corrected chi connectivity index (χ2v) is 8.98. The maximum absolute atomic E-state index is 12.9. The van der Waals surface area contributed by atoms with Crippen molar-refractivity contribution in [3.8, 4) is 0 Å². The van der Waals surface area contributed by atoms with Crippen LogP contribution in [0, 0.1) is 11.8 Å². The third kappa shape index (κ3) is 5.28. The Morgan fingerprint density at radius 2 is 1.88 bits per heavy atom. The first-order chi connectivity index (χ1) is 12.2. The van der Waals surface area contributed by atoms with Gasteiger partial charge in [-0.05, 0) is 43.0 Å². The fourth-order valence-corrected chi connectivity index (χ4v) is 4.41. The summed E-state index contributed by atoms with van der Waals surface area (Å²) in [6.45, 7) is 6.62. The van der Waals surface area contributed by atoms with Gasteiger partial charge in [-0.1, -0.05) is 13.8 Å². The van der Waals surface area contributed by atoms with E-state index in [0.29, 0.717) is 37.5 Å². The molecule has 0 bridgehead atoms. The molecule has 1 saturated heterocycles. The van der Waals surface area contributed by atoms with E-state index < -0.39 is 10.0 Å². The Hall–Kier alpha value is -1.93. The predicted molar refractivity (Wildman–Crippen MR) is 100 cm³/mol. The summed E-state index contributed by atoms with van der Waals surface area (Å²) in [4.78, 5) is 23.5. The standard InChI is InChI=1S/C18H27N3O4S/c1-13(2)11-19-18(23)15-5-4-10-21(12-15)26(24,25)17-8-6-16(7-9-17)20-14(3)22/h6-9,13,15H,4-5,10-12H2,1-3H3,(H,19,23)(H,20,22)/t15-/m1/s1. The molecule has 1 aliphatic heterocycles. The molecular formula is C18H27N3O4S. The molecule has 1 fully saturated rings. The highest BCUT2D eigenvalue weighted by Gasteiger charge is 2.33. The van der Waals surface area contributed by atoms with E-state index in [-0.39, 0.29) is 29.2 Å². The number of sulfonamides is 1. The van der Waals surface area contributed by atoms with Gasteiger partial charge in [-0.25, -0.2) is 8.42 Å². The van der Waals surface area contributed by atoms with Gasteiger partial charge in [0.1, 0.15) is 0 Å². The molecule has 0 spiro atoms. The molecule has 1 aliphatic rings. The summed E-state index contributed by atoms with van der Waals surface area (Å²) in [5.41, 5.74) is 0.543. The molecular weight excluding hydrogens is 354 g/mol. The van der Waals surface area contributed by atoms with Crippen molar-refractivity contribution in [2.75, 3.05) is 25.0 Å². The average molecular weight is 381 g/mol. The van der Waals surface area contributed by atoms with E-state index in [1.165, 1.54) is 23.4 Å². The Balaban J connectivity index is 2.08. The molecule has 0 aromatic heterocycles. The largest absolute Gasteiger partial charge is 0.356 e. The summed E-state index contributed by atoms with van der Waals surface area (Å²) >= 11 is 0. The zero-order chi connectivity index (χ0) is 19.3. The van der Waals surface area contributed by atoms with Crippen LogP contribution in [0.25, 0.3) is 0 Å². The molecule has 7 nitrogen and oxygen atoms in total. The van der Waals surface area contributed by atoms with Crippen LogP contribution in [0.5, 0.6) is 0 Å². The van der Waals surface area contributed by atoms with Crippen molar-refractivity contribution in [3.05, 3.63) is 24.3 Å². The number of hydrogen-bond donors (Lipinski definition) is 2. The molecule has 8 heteroatoms. The summed E-state index contributed by atoms with van der Waals surface area (Å²) in [5, 5.41) is 5.50. The summed E-state index contributed by atoms with van der Waals surface area (Å²) in [6, 6.07) is 6.07. The molecule has 1 heterocycles. The molecule has 144 valence electrons. The van der Waals surface area contributed by atoms with Gasteiger partial charge in [0.05, 0.1) is 10.8 Å². The average Bonchev–Trinajstić information content (AvgIpc) is 2.59. The van der Waals surface area contributed by atoms with Crippen molar-refractivity contribution in [1.82, 2.24) is 9.62 Å². The minimum Gasteiger partial charge on any atom is -0.356 e. The molecule has 1 aromatic rings. The van der Waals surface area contributed by atoms with Gasteiger partial charge in [0.15, 0.2) is 0 Å². The van der Waals surface area contributed by atoms with E-state index in [0.717, 1.165) is 0 Å². The topological polar surface area (TPSA) is 95.6 Å². The van der Waals surface area contributed by atoms with E-state index in [2.05, 4.69) is 10.6 Å². The zero-order valence-electron chi connectivity index (χ0n) is 15.5. The van der Waals surface area contributed by atoms with Crippen LogP contribution in [0.4, 0.5) is 5.69 Å². The SMILES string of the molecule is CC(=O)Nc1ccc(S(=O)(=O)N2CCC[C@@H](C(=O)NCC(C)C)C2)cc1. The highest BCUT2D eigenvalue weighted by molar-refractivity contribution is 7.89. The van der Waals surface area contributed by atoms with Crippen molar-refractivity contribution >= 4 is 27.5 Å². The van der Waals surface area contributed by atoms with Gasteiger partial charge in [0, 0.05) is 32.2 Å². The smallest absolute Gasteiger partial charge is 0.243 e. The first-order valence-corrected chi connectivity index (χ1v) is 10.3. The zero-order valence-corrected chi connectivity index (χ0v) is 16.3. The first kappa shape index (κ1) is 20.4. The van der Waals surface area contributed by atoms with Crippen molar-refractivity contribution in [2.24, 2.45) is 11.8 Å². The minimum absolute atomic E-state index is 0.0837. The molecule has 1 aromatic carbocycles. The van der Waals surface area contributed by atoms with Gasteiger partial charge in [-0.2, -0.15) is 4.31 Å². The number of nitrogens with one attached hydrogen (secondary N) is 2. The lowest BCUT2D eigenvalue weighted by Gasteiger charge is -2.31. The maximum Gasteiger partial charge on any atom is 0.243 e. The molecule has 2 N–H and O–H groups in total. The van der Waals surface area contributed by atoms with Crippen molar-refractivity contribution in [1.29, 1.82) is 0 Å². The van der Waals surface area contributed by atoms with Crippen molar-refractivity contribution in [3.63, 3.8) is 0 Å². The second kappa shape index (κ2) is 8.64. The highest BCUT2D eigenvalue weighted by Crippen LogP contribution is 2.25. The van der Waals surface area contributed by atoms with E-state index in [4.69, 9.17) is 0 Å². The number of rotatable bonds is 6. The third-order valence-electron chi connectivity index (χ3n) is 4.25. The van der Waals surface area contributed by atoms with Crippen LogP contribution in [0.15, 0.2) is 29.2 Å². The van der Waals surface area contributed by atoms with Gasteiger partial charge in [-0.15, -0.1) is 0 Å². The van der Waals surface area contributed by atoms with Crippen LogP contribution in [-0.4, -0.2) is 44.2 Å². The monoisotopic (exact) mass is 381 g/mol. The minimum atomic E-state index is -3.66. The normalized spacial score (nSPS) is 18.5. The lowest BCUT2D eigenvalue weighted by atomic mass is 9.98. The molecule has 2 rings (SSSR count). The number of benzene rings is 1. The summed E-state index contributed by atoms with van der Waals surface area (Å²) in [7, 11) is -3.66. The second-order valence-electron chi connectivity index (χ2n) is 7.05. The summed E-state index contributed by atoms with van der Waals surface area (Å²) < 4.78 is 27.1. The van der Waals surface area contributed by atoms with Gasteiger partial charge in [0.25, 0.3) is 0 Å². The van der Waals surface area contributed by atoms with E-state index in [1.54, 1.807) is 12.1 Å². The van der Waals surface area contributed by atoms with Crippen molar-refractivity contribution < 1.29 is 18.0 Å². The van der Waals surface area contributed by atoms with E-state index in [9.17, 15) is 18.0 Å². The number of anilines is 1. The Bertz CT molecular complexity index is 744. The summed E-state index contributed by atoms with van der Waals surface area (Å²) in [5.74, 6) is -0.271. The van der Waals surface area contributed by atoms with E-state index in [1.807, 2.05) is 13.8 Å². The van der Waals surface area contributed by atoms with Gasteiger partial charge in [-0.3, -0.25) is 9.59 Å². The van der Waals surface area contributed by atoms with Crippen LogP contribution in [0.2, 0.25) is 0 Å². The van der Waals surface area contributed by atoms with Crippen molar-refractivity contribution in [2.45, 2.75) is 38.5 Å². The number of amides is 2. The molecule has 1 atom stereocenters. The molecule has 0 saturated carbocycles. The van der Waals surface area contributed by atoms with Crippen LogP contribution in [0.3, 0.4) is 0 Å². The number of carbonyl (C=O) groups is 2. The van der Waals surface area contributed by atoms with Gasteiger partial charge in [0.2, 0.25) is 21.8 Å². The molecule has 0 unspecified atom stereocenters. The Morgan fingerprint density at radius 1 is 1.23 bits per heavy atom. The Kier molecular flexibility index (Phi) is 6.77. The van der Waals surface area contributed by atoms with Gasteiger partial charge < -0.3 is 10.6 Å². The Labute approximate surface area is 155 Å². The van der Waals surface area contributed by atoms with Crippen LogP contribution in [0.1, 0.15) is 33.6 Å². The number of nitrogens with zero attached hydrogens (tertiary/aromatic N) is 1. The Morgan fingerprint density at radius 3 is 2.46 bits per heavy atom. The predicted octanol–water partition coefficient (Wildman–Crippen LogP) is 1.82. The van der Waals surface area contributed by atoms with Crippen LogP contribution >= 0.6 is 0 Å². The van der Waals surface area contributed by atoms with E-state index >= 15 is 0 Å². The molecule has 0 aliphatic carbocycles. The molecule has 2 amide bonds. The third-order valence-corrected chi connectivity index (χ3v) is 6.13. The van der Waals surface area contributed by atoms with Gasteiger partial charge >= 0.3 is 0 Å². The molecule has 0 radical (unpaired) electrons.